The fourth-order valence-corrected chi connectivity index (χ4v) is 7.25. The Bertz CT molecular complexity index is 1430. The topological polar surface area (TPSA) is 49.8 Å². The second-order valence-corrected chi connectivity index (χ2v) is 12.1. The zero-order valence-electron chi connectivity index (χ0n) is 23.0. The molecule has 1 saturated heterocycles. The Morgan fingerprint density at radius 3 is 2.62 bits per heavy atom. The number of benzene rings is 2. The second kappa shape index (κ2) is 9.77. The van der Waals surface area contributed by atoms with Crippen molar-refractivity contribution in [1.29, 1.82) is 0 Å². The van der Waals surface area contributed by atoms with Crippen molar-refractivity contribution in [3.63, 3.8) is 0 Å². The first-order valence-corrected chi connectivity index (χ1v) is 14.1. The molecule has 4 nitrogen and oxygen atoms in total. The number of fused-ring (bicyclic) bond motifs is 4. The number of allylic oxidation sites excluding steroid dienone is 3. The fraction of sp³-hybridized carbons (Fsp3) is 0.441. The van der Waals surface area contributed by atoms with Crippen LogP contribution in [0.5, 0.6) is 0 Å². The number of carbonyl (C=O) groups is 1. The number of halogens is 1. The van der Waals surface area contributed by atoms with Crippen LogP contribution >= 0.6 is 0 Å². The van der Waals surface area contributed by atoms with E-state index in [4.69, 9.17) is 4.74 Å². The lowest BCUT2D eigenvalue weighted by molar-refractivity contribution is -0.128. The number of aliphatic hydroxyl groups is 1. The quantitative estimate of drug-likeness (QED) is 0.478. The SMILES string of the molecule is CN(C)c1ccc(C2CC3CC(=O)C4=C(C(O)(C#Cc5ccccc5F)CCC5CCC=C45)C3(C)CO2)cc1. The van der Waals surface area contributed by atoms with E-state index in [0.717, 1.165) is 36.1 Å². The Morgan fingerprint density at radius 1 is 1.10 bits per heavy atom. The summed E-state index contributed by atoms with van der Waals surface area (Å²) in [6.45, 7) is 2.53. The van der Waals surface area contributed by atoms with Crippen molar-refractivity contribution < 1.29 is 19.0 Å². The highest BCUT2D eigenvalue weighted by atomic mass is 19.1. The van der Waals surface area contributed by atoms with Gasteiger partial charge in [0.1, 0.15) is 11.4 Å². The van der Waals surface area contributed by atoms with Crippen LogP contribution in [0.3, 0.4) is 0 Å². The number of Topliss-reactive ketones (excluding diaryl/α,β-unsaturated/α-hetero) is 1. The molecule has 0 amide bonds. The molecule has 2 aromatic rings. The van der Waals surface area contributed by atoms with Gasteiger partial charge in [0, 0.05) is 37.2 Å². The molecule has 1 fully saturated rings. The Labute approximate surface area is 230 Å². The maximum atomic E-state index is 14.5. The summed E-state index contributed by atoms with van der Waals surface area (Å²) in [4.78, 5) is 16.0. The smallest absolute Gasteiger partial charge is 0.163 e. The van der Waals surface area contributed by atoms with Crippen LogP contribution in [-0.4, -0.2) is 37.2 Å². The predicted molar refractivity (Wildman–Crippen MR) is 151 cm³/mol. The molecule has 5 atom stereocenters. The molecule has 1 heterocycles. The van der Waals surface area contributed by atoms with E-state index in [1.165, 1.54) is 6.07 Å². The predicted octanol–water partition coefficient (Wildman–Crippen LogP) is 6.16. The van der Waals surface area contributed by atoms with Gasteiger partial charge in [0.25, 0.3) is 0 Å². The largest absolute Gasteiger partial charge is 0.378 e. The molecule has 4 aliphatic rings. The third kappa shape index (κ3) is 4.44. The summed E-state index contributed by atoms with van der Waals surface area (Å²) >= 11 is 0. The van der Waals surface area contributed by atoms with Crippen LogP contribution in [0.1, 0.15) is 62.7 Å². The minimum Gasteiger partial charge on any atom is -0.378 e. The van der Waals surface area contributed by atoms with Crippen LogP contribution < -0.4 is 4.90 Å². The van der Waals surface area contributed by atoms with Gasteiger partial charge in [0.2, 0.25) is 0 Å². The molecular formula is C34H36FNO3. The van der Waals surface area contributed by atoms with Crippen molar-refractivity contribution >= 4 is 11.5 Å². The number of ether oxygens (including phenoxy) is 1. The average molecular weight is 526 g/mol. The third-order valence-electron chi connectivity index (χ3n) is 9.45. The van der Waals surface area contributed by atoms with Gasteiger partial charge in [-0.15, -0.1) is 0 Å². The molecule has 3 aliphatic carbocycles. The van der Waals surface area contributed by atoms with Gasteiger partial charge < -0.3 is 14.7 Å². The van der Waals surface area contributed by atoms with E-state index in [2.05, 4.69) is 54.0 Å². The van der Waals surface area contributed by atoms with Crippen molar-refractivity contribution in [1.82, 2.24) is 0 Å². The van der Waals surface area contributed by atoms with E-state index in [9.17, 15) is 14.3 Å². The molecule has 2 aromatic carbocycles. The van der Waals surface area contributed by atoms with Gasteiger partial charge in [0.05, 0.1) is 18.3 Å². The zero-order chi connectivity index (χ0) is 27.4. The standard InChI is InChI=1S/C34H36FNO3/c1-33-21-39-30(24-11-13-26(14-12-24)36(2)3)20-25(33)19-29(37)31-27-9-6-8-22(27)15-17-34(38,32(31)33)18-16-23-7-4-5-10-28(23)35/h4-5,7,9-14,22,25,30,38H,6,8,15,17,19-21H2,1-3H3. The normalized spacial score (nSPS) is 31.8. The van der Waals surface area contributed by atoms with Crippen molar-refractivity contribution in [2.45, 2.75) is 57.2 Å². The Morgan fingerprint density at radius 2 is 1.87 bits per heavy atom. The summed E-state index contributed by atoms with van der Waals surface area (Å²) in [6, 6.07) is 14.8. The van der Waals surface area contributed by atoms with Crippen LogP contribution in [0.2, 0.25) is 0 Å². The Balaban J connectivity index is 1.42. The third-order valence-corrected chi connectivity index (χ3v) is 9.45. The molecule has 0 radical (unpaired) electrons. The summed E-state index contributed by atoms with van der Waals surface area (Å²) in [5.74, 6) is 5.97. The molecule has 0 aromatic heterocycles. The summed E-state index contributed by atoms with van der Waals surface area (Å²) in [6.07, 6.45) is 6.30. The summed E-state index contributed by atoms with van der Waals surface area (Å²) in [5, 5.41) is 12.3. The molecule has 202 valence electrons. The number of carbonyl (C=O) groups excluding carboxylic acids is 1. The maximum Gasteiger partial charge on any atom is 0.163 e. The first kappa shape index (κ1) is 26.0. The lowest BCUT2D eigenvalue weighted by Gasteiger charge is -2.51. The molecule has 5 heteroatoms. The van der Waals surface area contributed by atoms with Gasteiger partial charge in [-0.05, 0) is 84.9 Å². The molecule has 0 saturated carbocycles. The lowest BCUT2D eigenvalue weighted by Crippen LogP contribution is -2.51. The van der Waals surface area contributed by atoms with Gasteiger partial charge in [0.15, 0.2) is 5.78 Å². The van der Waals surface area contributed by atoms with E-state index in [-0.39, 0.29) is 29.3 Å². The molecule has 0 spiro atoms. The van der Waals surface area contributed by atoms with Crippen LogP contribution in [0.4, 0.5) is 10.1 Å². The van der Waals surface area contributed by atoms with E-state index in [0.29, 0.717) is 37.0 Å². The number of hydrogen-bond donors (Lipinski definition) is 1. The highest BCUT2D eigenvalue weighted by Crippen LogP contribution is 2.59. The minimum absolute atomic E-state index is 0.0105. The second-order valence-electron chi connectivity index (χ2n) is 12.1. The van der Waals surface area contributed by atoms with Gasteiger partial charge in [-0.3, -0.25) is 4.79 Å². The summed E-state index contributed by atoms with van der Waals surface area (Å²) in [7, 11) is 4.04. The molecule has 1 aliphatic heterocycles. The van der Waals surface area contributed by atoms with Gasteiger partial charge >= 0.3 is 0 Å². The molecular weight excluding hydrogens is 489 g/mol. The van der Waals surface area contributed by atoms with Crippen LogP contribution in [0.25, 0.3) is 0 Å². The fourth-order valence-electron chi connectivity index (χ4n) is 7.25. The highest BCUT2D eigenvalue weighted by Gasteiger charge is 2.56. The number of hydrogen-bond acceptors (Lipinski definition) is 4. The van der Waals surface area contributed by atoms with Crippen LogP contribution in [0.15, 0.2) is 71.3 Å². The number of rotatable bonds is 2. The van der Waals surface area contributed by atoms with Gasteiger partial charge in [-0.25, -0.2) is 4.39 Å². The van der Waals surface area contributed by atoms with Gasteiger partial charge in [-0.1, -0.05) is 49.1 Å². The Kier molecular flexibility index (Phi) is 6.52. The van der Waals surface area contributed by atoms with E-state index in [1.54, 1.807) is 18.2 Å². The monoisotopic (exact) mass is 525 g/mol. The highest BCUT2D eigenvalue weighted by molar-refractivity contribution is 6.02. The van der Waals surface area contributed by atoms with Crippen molar-refractivity contribution in [3.05, 3.63) is 88.3 Å². The molecule has 1 N–H and O–H groups in total. The Hall–Kier alpha value is -3.20. The summed E-state index contributed by atoms with van der Waals surface area (Å²) < 4.78 is 21.0. The van der Waals surface area contributed by atoms with Crippen LogP contribution in [0, 0.1) is 34.9 Å². The first-order valence-electron chi connectivity index (χ1n) is 14.1. The molecule has 6 rings (SSSR count). The average Bonchev–Trinajstić information content (AvgIpc) is 3.34. The zero-order valence-corrected chi connectivity index (χ0v) is 23.0. The minimum atomic E-state index is -1.53. The number of anilines is 1. The maximum absolute atomic E-state index is 14.5. The van der Waals surface area contributed by atoms with Crippen LogP contribution in [-0.2, 0) is 9.53 Å². The van der Waals surface area contributed by atoms with E-state index < -0.39 is 16.8 Å². The van der Waals surface area contributed by atoms with Crippen molar-refractivity contribution in [3.8, 4) is 11.8 Å². The van der Waals surface area contributed by atoms with E-state index >= 15 is 0 Å². The summed E-state index contributed by atoms with van der Waals surface area (Å²) in [5.41, 5.74) is 2.85. The van der Waals surface area contributed by atoms with Crippen molar-refractivity contribution in [2.75, 3.05) is 25.6 Å². The van der Waals surface area contributed by atoms with E-state index in [1.807, 2.05) is 14.1 Å². The molecule has 5 unspecified atom stereocenters. The number of ketones is 1. The molecule has 39 heavy (non-hydrogen) atoms. The first-order chi connectivity index (χ1) is 18.7. The van der Waals surface area contributed by atoms with Crippen molar-refractivity contribution in [2.24, 2.45) is 17.3 Å². The number of nitrogens with zero attached hydrogens (tertiary/aromatic N) is 1. The van der Waals surface area contributed by atoms with Gasteiger partial charge in [-0.2, -0.15) is 0 Å². The molecule has 0 bridgehead atoms. The lowest BCUT2D eigenvalue weighted by atomic mass is 9.56.